The van der Waals surface area contributed by atoms with Crippen LogP contribution in [0.25, 0.3) is 10.9 Å². The van der Waals surface area contributed by atoms with Crippen LogP contribution < -0.4 is 15.0 Å². The van der Waals surface area contributed by atoms with Crippen molar-refractivity contribution in [1.29, 1.82) is 0 Å². The van der Waals surface area contributed by atoms with Crippen molar-refractivity contribution in [3.05, 3.63) is 74.8 Å². The van der Waals surface area contributed by atoms with E-state index >= 15 is 0 Å². The van der Waals surface area contributed by atoms with Crippen LogP contribution in [0.4, 0.5) is 0 Å². The molecule has 0 radical (unpaired) electrons. The zero-order chi connectivity index (χ0) is 27.2. The fraction of sp³-hybridized carbons (Fsp3) is 0.467. The molecule has 0 spiro atoms. The van der Waals surface area contributed by atoms with E-state index in [0.717, 1.165) is 79.4 Å². The summed E-state index contributed by atoms with van der Waals surface area (Å²) in [6.45, 7) is 8.66. The van der Waals surface area contributed by atoms with Crippen molar-refractivity contribution in [3.8, 4) is 11.5 Å². The maximum atomic E-state index is 13.6. The molecule has 1 atom stereocenters. The van der Waals surface area contributed by atoms with Crippen molar-refractivity contribution in [2.75, 3.05) is 33.0 Å². The number of hydrogen-bond acceptors (Lipinski definition) is 8. The number of nitrogens with zero attached hydrogens (tertiary/aromatic N) is 6. The summed E-state index contributed by atoms with van der Waals surface area (Å²) in [6, 6.07) is 12.4. The van der Waals surface area contributed by atoms with Gasteiger partial charge in [-0.25, -0.2) is 4.68 Å². The molecule has 7 rings (SSSR count). The van der Waals surface area contributed by atoms with Gasteiger partial charge < -0.3 is 14.5 Å². The summed E-state index contributed by atoms with van der Waals surface area (Å²) in [7, 11) is 0. The quantitative estimate of drug-likeness (QED) is 0.393. The molecular weight excluding hydrogens is 506 g/mol. The molecule has 1 aliphatic carbocycles. The van der Waals surface area contributed by atoms with Gasteiger partial charge in [0.2, 0.25) is 6.79 Å². The van der Waals surface area contributed by atoms with Gasteiger partial charge in [-0.05, 0) is 89.5 Å². The summed E-state index contributed by atoms with van der Waals surface area (Å²) in [5, 5.41) is 14.1. The van der Waals surface area contributed by atoms with Crippen LogP contribution in [0.3, 0.4) is 0 Å². The molecule has 0 unspecified atom stereocenters. The number of fused-ring (bicyclic) bond motifs is 2. The van der Waals surface area contributed by atoms with Crippen LogP contribution >= 0.6 is 0 Å². The lowest BCUT2D eigenvalue weighted by molar-refractivity contribution is 0.0988. The van der Waals surface area contributed by atoms with Crippen LogP contribution in [-0.4, -0.2) is 68.0 Å². The second-order valence-corrected chi connectivity index (χ2v) is 11.4. The molecule has 2 aromatic carbocycles. The highest BCUT2D eigenvalue weighted by Gasteiger charge is 2.35. The van der Waals surface area contributed by atoms with Crippen molar-refractivity contribution in [2.45, 2.75) is 58.2 Å². The van der Waals surface area contributed by atoms with Crippen LogP contribution in [0.2, 0.25) is 0 Å². The lowest BCUT2D eigenvalue weighted by atomic mass is 10.00. The largest absolute Gasteiger partial charge is 0.454 e. The Labute approximate surface area is 232 Å². The van der Waals surface area contributed by atoms with Gasteiger partial charge in [0.1, 0.15) is 6.04 Å². The normalized spacial score (nSPS) is 19.1. The number of aryl methyl sites for hydroxylation is 2. The Balaban J connectivity index is 1.20. The van der Waals surface area contributed by atoms with Gasteiger partial charge in [-0.15, -0.1) is 5.10 Å². The monoisotopic (exact) mass is 541 g/mol. The molecule has 1 N–H and O–H groups in total. The zero-order valence-electron chi connectivity index (χ0n) is 23.1. The summed E-state index contributed by atoms with van der Waals surface area (Å²) < 4.78 is 13.0. The molecular formula is C30H35N7O3. The Morgan fingerprint density at radius 1 is 0.975 bits per heavy atom. The van der Waals surface area contributed by atoms with Gasteiger partial charge in [-0.1, -0.05) is 18.9 Å². The van der Waals surface area contributed by atoms with E-state index in [0.29, 0.717) is 5.56 Å². The smallest absolute Gasteiger partial charge is 0.253 e. The molecule has 4 heterocycles. The molecule has 208 valence electrons. The summed E-state index contributed by atoms with van der Waals surface area (Å²) in [5.41, 5.74) is 5.06. The fourth-order valence-corrected chi connectivity index (χ4v) is 6.46. The molecule has 2 aromatic heterocycles. The van der Waals surface area contributed by atoms with Gasteiger partial charge in [-0.2, -0.15) is 0 Å². The van der Waals surface area contributed by atoms with Gasteiger partial charge in [0.25, 0.3) is 5.56 Å². The van der Waals surface area contributed by atoms with Crippen LogP contribution in [-0.2, 0) is 6.54 Å². The molecule has 10 heteroatoms. The van der Waals surface area contributed by atoms with Gasteiger partial charge >= 0.3 is 0 Å². The first kappa shape index (κ1) is 25.2. The first-order chi connectivity index (χ1) is 19.5. The molecule has 2 fully saturated rings. The highest BCUT2D eigenvalue weighted by atomic mass is 16.7. The number of ether oxygens (including phenoxy) is 2. The molecule has 2 aliphatic heterocycles. The number of aromatic amines is 1. The van der Waals surface area contributed by atoms with Gasteiger partial charge in [0, 0.05) is 43.8 Å². The number of tetrazole rings is 1. The van der Waals surface area contributed by atoms with Crippen LogP contribution in [0.15, 0.2) is 41.2 Å². The third kappa shape index (κ3) is 4.65. The van der Waals surface area contributed by atoms with E-state index < -0.39 is 0 Å². The number of nitrogens with one attached hydrogen (secondary N) is 1. The van der Waals surface area contributed by atoms with Crippen LogP contribution in [0, 0.1) is 13.8 Å². The number of aromatic nitrogens is 5. The number of hydrogen-bond donors (Lipinski definition) is 1. The number of rotatable bonds is 6. The van der Waals surface area contributed by atoms with E-state index in [4.69, 9.17) is 9.47 Å². The Bertz CT molecular complexity index is 1600. The first-order valence-electron chi connectivity index (χ1n) is 14.3. The van der Waals surface area contributed by atoms with E-state index in [2.05, 4.69) is 74.5 Å². The average molecular weight is 542 g/mol. The number of piperazine rings is 1. The molecule has 4 aromatic rings. The van der Waals surface area contributed by atoms with E-state index in [9.17, 15) is 4.79 Å². The van der Waals surface area contributed by atoms with Crippen LogP contribution in [0.5, 0.6) is 11.5 Å². The van der Waals surface area contributed by atoms with Gasteiger partial charge in [0.15, 0.2) is 17.3 Å². The van der Waals surface area contributed by atoms with Crippen molar-refractivity contribution in [1.82, 2.24) is 35.0 Å². The molecule has 0 amide bonds. The van der Waals surface area contributed by atoms with Crippen molar-refractivity contribution < 1.29 is 9.47 Å². The first-order valence-corrected chi connectivity index (χ1v) is 14.3. The predicted molar refractivity (Wildman–Crippen MR) is 151 cm³/mol. The summed E-state index contributed by atoms with van der Waals surface area (Å²) >= 11 is 0. The summed E-state index contributed by atoms with van der Waals surface area (Å²) in [4.78, 5) is 21.6. The highest BCUT2D eigenvalue weighted by molar-refractivity contribution is 5.81. The Hall–Kier alpha value is -3.76. The lowest BCUT2D eigenvalue weighted by Gasteiger charge is -2.39. The van der Waals surface area contributed by atoms with E-state index in [-0.39, 0.29) is 24.4 Å². The lowest BCUT2D eigenvalue weighted by Crippen LogP contribution is -2.48. The molecule has 10 nitrogen and oxygen atoms in total. The molecule has 1 saturated carbocycles. The van der Waals surface area contributed by atoms with Crippen molar-refractivity contribution in [2.24, 2.45) is 0 Å². The highest BCUT2D eigenvalue weighted by Crippen LogP contribution is 2.35. The Morgan fingerprint density at radius 3 is 2.58 bits per heavy atom. The SMILES string of the molecule is Cc1cc2cc([C@H](c3nnnn3C3CCCC3)N3CCN(Cc4ccc5c(c4)OCO5)CC3)c(=O)[nH]c2cc1C. The van der Waals surface area contributed by atoms with E-state index in [1.54, 1.807) is 0 Å². The second kappa shape index (κ2) is 10.3. The average Bonchev–Trinajstić information content (AvgIpc) is 3.73. The number of pyridine rings is 1. The predicted octanol–water partition coefficient (Wildman–Crippen LogP) is 3.88. The van der Waals surface area contributed by atoms with Gasteiger partial charge in [-0.3, -0.25) is 14.6 Å². The zero-order valence-corrected chi connectivity index (χ0v) is 23.1. The minimum atomic E-state index is -0.321. The fourth-order valence-electron chi connectivity index (χ4n) is 6.46. The third-order valence-electron chi connectivity index (χ3n) is 8.83. The maximum Gasteiger partial charge on any atom is 0.253 e. The van der Waals surface area contributed by atoms with Crippen molar-refractivity contribution in [3.63, 3.8) is 0 Å². The van der Waals surface area contributed by atoms with Crippen LogP contribution in [0.1, 0.15) is 65.8 Å². The van der Waals surface area contributed by atoms with Gasteiger partial charge in [0.05, 0.1) is 6.04 Å². The molecule has 40 heavy (non-hydrogen) atoms. The number of H-pyrrole nitrogens is 1. The second-order valence-electron chi connectivity index (χ2n) is 11.4. The maximum absolute atomic E-state index is 13.6. The number of benzene rings is 2. The minimum absolute atomic E-state index is 0.0792. The molecule has 0 bridgehead atoms. The molecule has 1 saturated heterocycles. The van der Waals surface area contributed by atoms with Crippen molar-refractivity contribution >= 4 is 10.9 Å². The summed E-state index contributed by atoms with van der Waals surface area (Å²) in [5.74, 6) is 2.39. The summed E-state index contributed by atoms with van der Waals surface area (Å²) in [6.07, 6.45) is 4.51. The molecule has 3 aliphatic rings. The topological polar surface area (TPSA) is 101 Å². The van der Waals surface area contributed by atoms with E-state index in [1.807, 2.05) is 10.7 Å². The minimum Gasteiger partial charge on any atom is -0.454 e. The van der Waals surface area contributed by atoms with E-state index in [1.165, 1.54) is 24.0 Å². The standard InChI is InChI=1S/C30H35N7O3/c1-19-13-22-16-24(30(38)31-25(22)14-20(19)2)28(29-32-33-34-37(29)23-5-3-4-6-23)36-11-9-35(10-12-36)17-21-7-8-26-27(15-21)40-18-39-26/h7-8,13-16,23,28H,3-6,9-12,17-18H2,1-2H3,(H,31,38)/t28-/m1/s1. The third-order valence-corrected chi connectivity index (χ3v) is 8.83. The Kier molecular flexibility index (Phi) is 6.51. The Morgan fingerprint density at radius 2 is 1.75 bits per heavy atom.